The SMILES string of the molecule is CCN(CC)c1cc(C)ccc1O. The summed E-state index contributed by atoms with van der Waals surface area (Å²) in [5.74, 6) is 0.370. The second kappa shape index (κ2) is 4.17. The van der Waals surface area contributed by atoms with E-state index in [1.807, 2.05) is 19.1 Å². The number of aryl methyl sites for hydroxylation is 1. The predicted octanol–water partition coefficient (Wildman–Crippen LogP) is 2.55. The van der Waals surface area contributed by atoms with Crippen molar-refractivity contribution >= 4 is 5.69 Å². The Balaban J connectivity index is 3.03. The van der Waals surface area contributed by atoms with E-state index in [0.29, 0.717) is 5.75 Å². The number of rotatable bonds is 3. The molecular formula is C11H17NO. The molecule has 0 spiro atoms. The molecule has 0 aliphatic heterocycles. The third-order valence-corrected chi connectivity index (χ3v) is 2.24. The number of phenolic OH excluding ortho intramolecular Hbond substituents is 1. The number of nitrogens with zero attached hydrogens (tertiary/aromatic N) is 1. The van der Waals surface area contributed by atoms with Crippen LogP contribution in [0, 0.1) is 6.92 Å². The number of hydrogen-bond donors (Lipinski definition) is 1. The molecule has 0 fully saturated rings. The summed E-state index contributed by atoms with van der Waals surface area (Å²) in [6, 6.07) is 5.69. The van der Waals surface area contributed by atoms with E-state index in [0.717, 1.165) is 18.8 Å². The van der Waals surface area contributed by atoms with Crippen LogP contribution in [0.15, 0.2) is 18.2 Å². The van der Waals surface area contributed by atoms with Gasteiger partial charge < -0.3 is 10.0 Å². The number of phenols is 1. The monoisotopic (exact) mass is 179 g/mol. The minimum atomic E-state index is 0.370. The first kappa shape index (κ1) is 9.90. The van der Waals surface area contributed by atoms with E-state index in [1.165, 1.54) is 5.56 Å². The lowest BCUT2D eigenvalue weighted by Crippen LogP contribution is -2.21. The molecule has 2 nitrogen and oxygen atoms in total. The average Bonchev–Trinajstić information content (AvgIpc) is 2.13. The van der Waals surface area contributed by atoms with Crippen molar-refractivity contribution in [1.82, 2.24) is 0 Å². The molecule has 1 aromatic carbocycles. The van der Waals surface area contributed by atoms with Gasteiger partial charge in [-0.15, -0.1) is 0 Å². The van der Waals surface area contributed by atoms with Crippen LogP contribution >= 0.6 is 0 Å². The topological polar surface area (TPSA) is 23.5 Å². The van der Waals surface area contributed by atoms with Crippen LogP contribution in [0.5, 0.6) is 5.75 Å². The van der Waals surface area contributed by atoms with Crippen molar-refractivity contribution in [2.45, 2.75) is 20.8 Å². The Labute approximate surface area is 79.8 Å². The molecule has 0 aliphatic carbocycles. The van der Waals surface area contributed by atoms with Crippen molar-refractivity contribution in [1.29, 1.82) is 0 Å². The van der Waals surface area contributed by atoms with Crippen molar-refractivity contribution < 1.29 is 5.11 Å². The Morgan fingerprint density at radius 2 is 1.85 bits per heavy atom. The first-order chi connectivity index (χ1) is 6.19. The lowest BCUT2D eigenvalue weighted by Gasteiger charge is -2.22. The Bertz CT molecular complexity index is 279. The van der Waals surface area contributed by atoms with Crippen LogP contribution in [0.4, 0.5) is 5.69 Å². The molecule has 72 valence electrons. The highest BCUT2D eigenvalue weighted by molar-refractivity contribution is 5.59. The van der Waals surface area contributed by atoms with Gasteiger partial charge in [0.05, 0.1) is 5.69 Å². The zero-order chi connectivity index (χ0) is 9.84. The maximum Gasteiger partial charge on any atom is 0.138 e. The summed E-state index contributed by atoms with van der Waals surface area (Å²) in [6.45, 7) is 8.06. The van der Waals surface area contributed by atoms with Gasteiger partial charge in [-0.25, -0.2) is 0 Å². The third kappa shape index (κ3) is 2.14. The van der Waals surface area contributed by atoms with Crippen molar-refractivity contribution in [2.75, 3.05) is 18.0 Å². The smallest absolute Gasteiger partial charge is 0.138 e. The molecule has 13 heavy (non-hydrogen) atoms. The van der Waals surface area contributed by atoms with Gasteiger partial charge in [-0.2, -0.15) is 0 Å². The summed E-state index contributed by atoms with van der Waals surface area (Å²) in [7, 11) is 0. The van der Waals surface area contributed by atoms with Crippen molar-refractivity contribution in [2.24, 2.45) is 0 Å². The molecule has 2 heteroatoms. The highest BCUT2D eigenvalue weighted by atomic mass is 16.3. The summed E-state index contributed by atoms with van der Waals surface area (Å²) in [5, 5.41) is 9.63. The van der Waals surface area contributed by atoms with Gasteiger partial charge in [0, 0.05) is 13.1 Å². The average molecular weight is 179 g/mol. The minimum absolute atomic E-state index is 0.370. The molecule has 0 aromatic heterocycles. The van der Waals surface area contributed by atoms with E-state index in [9.17, 15) is 5.11 Å². The number of aromatic hydroxyl groups is 1. The second-order valence-corrected chi connectivity index (χ2v) is 3.16. The minimum Gasteiger partial charge on any atom is -0.506 e. The van der Waals surface area contributed by atoms with Gasteiger partial charge in [0.2, 0.25) is 0 Å². The Morgan fingerprint density at radius 3 is 2.38 bits per heavy atom. The zero-order valence-electron chi connectivity index (χ0n) is 8.54. The van der Waals surface area contributed by atoms with Crippen LogP contribution in [-0.4, -0.2) is 18.2 Å². The van der Waals surface area contributed by atoms with E-state index in [2.05, 4.69) is 18.7 Å². The van der Waals surface area contributed by atoms with Crippen LogP contribution in [0.3, 0.4) is 0 Å². The summed E-state index contributed by atoms with van der Waals surface area (Å²) in [6.07, 6.45) is 0. The molecule has 1 rings (SSSR count). The normalized spacial score (nSPS) is 10.1. The molecule has 0 aliphatic rings. The van der Waals surface area contributed by atoms with Gasteiger partial charge in [-0.05, 0) is 38.5 Å². The molecule has 0 bridgehead atoms. The largest absolute Gasteiger partial charge is 0.506 e. The summed E-state index contributed by atoms with van der Waals surface area (Å²) in [4.78, 5) is 2.14. The summed E-state index contributed by atoms with van der Waals surface area (Å²) >= 11 is 0. The first-order valence-corrected chi connectivity index (χ1v) is 4.73. The van der Waals surface area contributed by atoms with Crippen molar-refractivity contribution in [3.05, 3.63) is 23.8 Å². The number of benzene rings is 1. The van der Waals surface area contributed by atoms with E-state index in [4.69, 9.17) is 0 Å². The van der Waals surface area contributed by atoms with Gasteiger partial charge in [0.1, 0.15) is 5.75 Å². The molecule has 0 unspecified atom stereocenters. The lowest BCUT2D eigenvalue weighted by molar-refractivity contribution is 0.474. The molecule has 0 saturated carbocycles. The fourth-order valence-electron chi connectivity index (χ4n) is 1.45. The lowest BCUT2D eigenvalue weighted by atomic mass is 10.2. The quantitative estimate of drug-likeness (QED) is 0.770. The summed E-state index contributed by atoms with van der Waals surface area (Å²) < 4.78 is 0. The van der Waals surface area contributed by atoms with Crippen LogP contribution in [0.25, 0.3) is 0 Å². The first-order valence-electron chi connectivity index (χ1n) is 4.73. The molecule has 1 N–H and O–H groups in total. The van der Waals surface area contributed by atoms with Crippen molar-refractivity contribution in [3.63, 3.8) is 0 Å². The molecule has 0 radical (unpaired) electrons. The van der Waals surface area contributed by atoms with E-state index < -0.39 is 0 Å². The van der Waals surface area contributed by atoms with Crippen LogP contribution in [0.2, 0.25) is 0 Å². The standard InChI is InChI=1S/C11H17NO/c1-4-12(5-2)10-8-9(3)6-7-11(10)13/h6-8,13H,4-5H2,1-3H3. The van der Waals surface area contributed by atoms with Crippen LogP contribution in [-0.2, 0) is 0 Å². The fraction of sp³-hybridized carbons (Fsp3) is 0.455. The predicted molar refractivity (Wildman–Crippen MR) is 56.4 cm³/mol. The number of hydrogen-bond acceptors (Lipinski definition) is 2. The molecule has 0 saturated heterocycles. The van der Waals surface area contributed by atoms with Gasteiger partial charge in [0.25, 0.3) is 0 Å². The third-order valence-electron chi connectivity index (χ3n) is 2.24. The van der Waals surface area contributed by atoms with Gasteiger partial charge in [-0.1, -0.05) is 6.07 Å². The molecule has 0 heterocycles. The maximum absolute atomic E-state index is 9.63. The van der Waals surface area contributed by atoms with E-state index in [-0.39, 0.29) is 0 Å². The maximum atomic E-state index is 9.63. The summed E-state index contributed by atoms with van der Waals surface area (Å²) in [5.41, 5.74) is 2.12. The fourth-order valence-corrected chi connectivity index (χ4v) is 1.45. The molecule has 1 aromatic rings. The Hall–Kier alpha value is -1.18. The zero-order valence-corrected chi connectivity index (χ0v) is 8.54. The highest BCUT2D eigenvalue weighted by Crippen LogP contribution is 2.27. The number of anilines is 1. The van der Waals surface area contributed by atoms with Gasteiger partial charge in [-0.3, -0.25) is 0 Å². The van der Waals surface area contributed by atoms with Crippen molar-refractivity contribution in [3.8, 4) is 5.75 Å². The molecule has 0 atom stereocenters. The Kier molecular flexibility index (Phi) is 3.18. The highest BCUT2D eigenvalue weighted by Gasteiger charge is 2.06. The van der Waals surface area contributed by atoms with Gasteiger partial charge in [0.15, 0.2) is 0 Å². The van der Waals surface area contributed by atoms with Gasteiger partial charge >= 0.3 is 0 Å². The van der Waals surface area contributed by atoms with E-state index >= 15 is 0 Å². The second-order valence-electron chi connectivity index (χ2n) is 3.16. The van der Waals surface area contributed by atoms with Crippen LogP contribution in [0.1, 0.15) is 19.4 Å². The Morgan fingerprint density at radius 1 is 1.23 bits per heavy atom. The van der Waals surface area contributed by atoms with E-state index in [1.54, 1.807) is 6.07 Å². The molecule has 0 amide bonds. The van der Waals surface area contributed by atoms with Crippen LogP contribution < -0.4 is 4.90 Å². The molecular weight excluding hydrogens is 162 g/mol.